The number of hydrogen-bond acceptors (Lipinski definition) is 3. The Morgan fingerprint density at radius 3 is 2.15 bits per heavy atom. The molecule has 4 heteroatoms. The monoisotopic (exact) mass is 352 g/mol. The first-order valence-corrected chi connectivity index (χ1v) is 8.82. The van der Waals surface area contributed by atoms with Crippen LogP contribution in [-0.2, 0) is 0 Å². The van der Waals surface area contributed by atoms with Gasteiger partial charge in [-0.05, 0) is 24.6 Å². The molecule has 1 heterocycles. The van der Waals surface area contributed by atoms with Crippen LogP contribution in [0.3, 0.4) is 0 Å². The van der Waals surface area contributed by atoms with E-state index in [9.17, 15) is 0 Å². The van der Waals surface area contributed by atoms with Crippen molar-refractivity contribution in [1.82, 2.24) is 15.0 Å². The third kappa shape index (κ3) is 3.51. The van der Waals surface area contributed by atoms with Crippen LogP contribution in [0.15, 0.2) is 91.5 Å². The Bertz CT molecular complexity index is 1050. The van der Waals surface area contributed by atoms with Crippen molar-refractivity contribution in [3.63, 3.8) is 0 Å². The summed E-state index contributed by atoms with van der Waals surface area (Å²) in [6.45, 7) is 6.27. The van der Waals surface area contributed by atoms with Crippen molar-refractivity contribution in [3.05, 3.63) is 103 Å². The molecular formula is C23H20N4. The molecule has 0 bridgehead atoms. The fourth-order valence-corrected chi connectivity index (χ4v) is 2.90. The van der Waals surface area contributed by atoms with Crippen molar-refractivity contribution in [3.8, 4) is 16.9 Å². The number of para-hydroxylation sites is 1. The third-order valence-corrected chi connectivity index (χ3v) is 4.39. The zero-order chi connectivity index (χ0) is 18.6. The van der Waals surface area contributed by atoms with E-state index < -0.39 is 0 Å². The van der Waals surface area contributed by atoms with Crippen LogP contribution in [0.4, 0.5) is 5.82 Å². The molecule has 0 fully saturated rings. The van der Waals surface area contributed by atoms with Crippen LogP contribution < -0.4 is 5.32 Å². The molecule has 0 aliphatic carbocycles. The van der Waals surface area contributed by atoms with Crippen molar-refractivity contribution in [2.24, 2.45) is 0 Å². The summed E-state index contributed by atoms with van der Waals surface area (Å²) < 4.78 is 1.81. The van der Waals surface area contributed by atoms with Crippen LogP contribution in [0.2, 0.25) is 0 Å². The Balaban J connectivity index is 1.79. The Morgan fingerprint density at radius 2 is 1.48 bits per heavy atom. The van der Waals surface area contributed by atoms with Gasteiger partial charge in [0.15, 0.2) is 5.82 Å². The molecule has 0 aliphatic rings. The number of aromatic nitrogens is 3. The average molecular weight is 352 g/mol. The first-order chi connectivity index (χ1) is 13.2. The van der Waals surface area contributed by atoms with Gasteiger partial charge in [-0.3, -0.25) is 0 Å². The number of anilines is 1. The summed E-state index contributed by atoms with van der Waals surface area (Å²) in [6, 6.07) is 28.3. The lowest BCUT2D eigenvalue weighted by Gasteiger charge is -2.13. The Kier molecular flexibility index (Phi) is 4.54. The van der Waals surface area contributed by atoms with Gasteiger partial charge in [-0.2, -0.15) is 4.68 Å². The Labute approximate surface area is 158 Å². The van der Waals surface area contributed by atoms with Gasteiger partial charge in [0.05, 0.1) is 5.69 Å². The second kappa shape index (κ2) is 7.30. The molecular weight excluding hydrogens is 332 g/mol. The largest absolute Gasteiger partial charge is 0.338 e. The molecule has 0 spiro atoms. The second-order valence-electron chi connectivity index (χ2n) is 6.37. The zero-order valence-corrected chi connectivity index (χ0v) is 15.1. The minimum absolute atomic E-state index is 0.788. The summed E-state index contributed by atoms with van der Waals surface area (Å²) in [5, 5.41) is 12.3. The predicted octanol–water partition coefficient (Wildman–Crippen LogP) is 5.33. The molecule has 1 N–H and O–H groups in total. The summed E-state index contributed by atoms with van der Waals surface area (Å²) in [5.41, 5.74) is 5.75. The molecule has 4 aromatic rings. The molecule has 0 atom stereocenters. The number of aryl methyl sites for hydroxylation is 1. The van der Waals surface area contributed by atoms with Crippen LogP contribution >= 0.6 is 0 Å². The molecule has 1 aromatic heterocycles. The number of nitrogens with zero attached hydrogens (tertiary/aromatic N) is 3. The molecule has 3 aromatic carbocycles. The van der Waals surface area contributed by atoms with Crippen molar-refractivity contribution in [2.45, 2.75) is 6.92 Å². The maximum Gasteiger partial charge on any atom is 0.162 e. The lowest BCUT2D eigenvalue weighted by molar-refractivity contribution is 0.809. The van der Waals surface area contributed by atoms with Crippen molar-refractivity contribution < 1.29 is 0 Å². The SMILES string of the molecule is C=C(Nc1c(-c2ccc(C)cc2)nnn1-c1ccccc1)c1ccccc1. The van der Waals surface area contributed by atoms with Gasteiger partial charge in [0.2, 0.25) is 0 Å². The van der Waals surface area contributed by atoms with Gasteiger partial charge < -0.3 is 5.32 Å². The number of hydrogen-bond donors (Lipinski definition) is 1. The molecule has 132 valence electrons. The highest BCUT2D eigenvalue weighted by molar-refractivity contribution is 5.82. The molecule has 0 unspecified atom stereocenters. The predicted molar refractivity (Wildman–Crippen MR) is 111 cm³/mol. The van der Waals surface area contributed by atoms with E-state index in [2.05, 4.69) is 53.4 Å². The lowest BCUT2D eigenvalue weighted by atomic mass is 10.1. The van der Waals surface area contributed by atoms with E-state index in [-0.39, 0.29) is 0 Å². The van der Waals surface area contributed by atoms with E-state index in [1.807, 2.05) is 65.3 Å². The van der Waals surface area contributed by atoms with Crippen LogP contribution in [0.25, 0.3) is 22.6 Å². The van der Waals surface area contributed by atoms with Gasteiger partial charge >= 0.3 is 0 Å². The zero-order valence-electron chi connectivity index (χ0n) is 15.1. The topological polar surface area (TPSA) is 42.7 Å². The van der Waals surface area contributed by atoms with Crippen LogP contribution in [0.5, 0.6) is 0 Å². The summed E-state index contributed by atoms with van der Waals surface area (Å²) in [4.78, 5) is 0. The second-order valence-corrected chi connectivity index (χ2v) is 6.37. The fourth-order valence-electron chi connectivity index (χ4n) is 2.90. The van der Waals surface area contributed by atoms with E-state index in [1.54, 1.807) is 0 Å². The number of benzene rings is 3. The van der Waals surface area contributed by atoms with Crippen molar-refractivity contribution in [1.29, 1.82) is 0 Å². The first-order valence-electron chi connectivity index (χ1n) is 8.82. The molecule has 0 amide bonds. The summed E-state index contributed by atoms with van der Waals surface area (Å²) in [7, 11) is 0. The van der Waals surface area contributed by atoms with Crippen molar-refractivity contribution in [2.75, 3.05) is 5.32 Å². The van der Waals surface area contributed by atoms with Crippen LogP contribution in [0.1, 0.15) is 11.1 Å². The number of nitrogens with one attached hydrogen (secondary N) is 1. The van der Waals surface area contributed by atoms with Crippen molar-refractivity contribution >= 4 is 11.5 Å². The van der Waals surface area contributed by atoms with E-state index in [1.165, 1.54) is 5.56 Å². The smallest absolute Gasteiger partial charge is 0.162 e. The van der Waals surface area contributed by atoms with Gasteiger partial charge in [-0.25, -0.2) is 0 Å². The maximum atomic E-state index is 4.45. The first kappa shape index (κ1) is 16.8. The molecule has 4 nitrogen and oxygen atoms in total. The van der Waals surface area contributed by atoms with Gasteiger partial charge in [0.1, 0.15) is 5.69 Å². The molecule has 0 saturated heterocycles. The summed E-state index contributed by atoms with van der Waals surface area (Å²) >= 11 is 0. The molecule has 0 aliphatic heterocycles. The fraction of sp³-hybridized carbons (Fsp3) is 0.0435. The average Bonchev–Trinajstić information content (AvgIpc) is 3.13. The van der Waals surface area contributed by atoms with E-state index >= 15 is 0 Å². The standard InChI is InChI=1S/C23H20N4/c1-17-13-15-20(16-14-17)22-23(24-18(2)19-9-5-3-6-10-19)27(26-25-22)21-11-7-4-8-12-21/h3-16,24H,2H2,1H3. The van der Waals surface area contributed by atoms with Gasteiger partial charge in [-0.1, -0.05) is 90.2 Å². The van der Waals surface area contributed by atoms with Gasteiger partial charge in [0.25, 0.3) is 0 Å². The maximum absolute atomic E-state index is 4.45. The highest BCUT2D eigenvalue weighted by Crippen LogP contribution is 2.30. The third-order valence-electron chi connectivity index (χ3n) is 4.39. The summed E-state index contributed by atoms with van der Waals surface area (Å²) in [5.74, 6) is 0.791. The Hall–Kier alpha value is -3.66. The minimum atomic E-state index is 0.788. The molecule has 27 heavy (non-hydrogen) atoms. The Morgan fingerprint density at radius 1 is 0.852 bits per heavy atom. The quantitative estimate of drug-likeness (QED) is 0.528. The van der Waals surface area contributed by atoms with Crippen LogP contribution in [0, 0.1) is 6.92 Å². The highest BCUT2D eigenvalue weighted by atomic mass is 15.5. The lowest BCUT2D eigenvalue weighted by Crippen LogP contribution is -2.06. The summed E-state index contributed by atoms with van der Waals surface area (Å²) in [6.07, 6.45) is 0. The van der Waals surface area contributed by atoms with Gasteiger partial charge in [-0.15, -0.1) is 5.10 Å². The van der Waals surface area contributed by atoms with Crippen LogP contribution in [-0.4, -0.2) is 15.0 Å². The normalized spacial score (nSPS) is 10.6. The highest BCUT2D eigenvalue weighted by Gasteiger charge is 2.17. The molecule has 0 saturated carbocycles. The van der Waals surface area contributed by atoms with E-state index in [0.717, 1.165) is 34.0 Å². The van der Waals surface area contributed by atoms with E-state index in [0.29, 0.717) is 0 Å². The minimum Gasteiger partial charge on any atom is -0.338 e. The van der Waals surface area contributed by atoms with Gasteiger partial charge in [0, 0.05) is 11.3 Å². The molecule has 4 rings (SSSR count). The number of rotatable bonds is 5. The van der Waals surface area contributed by atoms with E-state index in [4.69, 9.17) is 0 Å². The molecule has 0 radical (unpaired) electrons.